The summed E-state index contributed by atoms with van der Waals surface area (Å²) in [6, 6.07) is 20.8. The Bertz CT molecular complexity index is 835. The minimum atomic E-state index is -0.178. The van der Waals surface area contributed by atoms with E-state index in [2.05, 4.69) is 15.3 Å². The van der Waals surface area contributed by atoms with Crippen LogP contribution >= 0.6 is 0 Å². The number of carbonyl (C=O) groups is 1. The van der Waals surface area contributed by atoms with Gasteiger partial charge in [0.05, 0.1) is 0 Å². The van der Waals surface area contributed by atoms with Crippen LogP contribution in [0.4, 0.5) is 17.3 Å². The van der Waals surface area contributed by atoms with Gasteiger partial charge in [-0.2, -0.15) is 0 Å². The Morgan fingerprint density at radius 2 is 1.58 bits per heavy atom. The van der Waals surface area contributed by atoms with E-state index in [0.29, 0.717) is 11.6 Å². The van der Waals surface area contributed by atoms with Gasteiger partial charge in [-0.15, -0.1) is 0 Å². The average molecular weight is 318 g/mol. The van der Waals surface area contributed by atoms with Gasteiger partial charge in [0.25, 0.3) is 5.91 Å². The molecule has 3 aromatic rings. The first-order chi connectivity index (χ1) is 11.6. The summed E-state index contributed by atoms with van der Waals surface area (Å²) in [5.74, 6) is 0.230. The molecule has 0 aliphatic heterocycles. The Balaban J connectivity index is 1.87. The summed E-state index contributed by atoms with van der Waals surface area (Å²) >= 11 is 0. The number of nitrogens with zero attached hydrogens (tertiary/aromatic N) is 3. The number of amides is 1. The van der Waals surface area contributed by atoms with Gasteiger partial charge in [0.15, 0.2) is 0 Å². The molecule has 0 spiro atoms. The molecule has 0 aliphatic carbocycles. The summed E-state index contributed by atoms with van der Waals surface area (Å²) in [5.41, 5.74) is 2.77. The zero-order valence-electron chi connectivity index (χ0n) is 13.6. The third-order valence-corrected chi connectivity index (χ3v) is 3.55. The van der Waals surface area contributed by atoms with Crippen molar-refractivity contribution in [1.82, 2.24) is 9.97 Å². The standard InChI is InChI=1S/C19H18N4O/c1-14-13-17(18(24)23(2)16-11-7-4-8-12-16)22-19(20-14)21-15-9-5-3-6-10-15/h3-13H,1-2H3,(H,20,21,22). The number of aryl methyl sites for hydroxylation is 1. The van der Waals surface area contributed by atoms with Gasteiger partial charge >= 0.3 is 0 Å². The lowest BCUT2D eigenvalue weighted by atomic mass is 10.2. The molecule has 1 amide bonds. The van der Waals surface area contributed by atoms with Crippen molar-refractivity contribution >= 4 is 23.2 Å². The van der Waals surface area contributed by atoms with Gasteiger partial charge in [-0.05, 0) is 37.3 Å². The molecule has 3 rings (SSSR count). The van der Waals surface area contributed by atoms with Crippen molar-refractivity contribution in [3.8, 4) is 0 Å². The van der Waals surface area contributed by atoms with Gasteiger partial charge < -0.3 is 10.2 Å². The van der Waals surface area contributed by atoms with E-state index in [0.717, 1.165) is 17.1 Å². The van der Waals surface area contributed by atoms with Crippen molar-refractivity contribution in [3.63, 3.8) is 0 Å². The molecule has 0 radical (unpaired) electrons. The molecule has 24 heavy (non-hydrogen) atoms. The first kappa shape index (κ1) is 15.7. The number of anilines is 3. The Kier molecular flexibility index (Phi) is 4.52. The van der Waals surface area contributed by atoms with Gasteiger partial charge in [0.2, 0.25) is 5.95 Å². The lowest BCUT2D eigenvalue weighted by molar-refractivity contribution is 0.0988. The summed E-state index contributed by atoms with van der Waals surface area (Å²) in [6.07, 6.45) is 0. The molecule has 120 valence electrons. The third-order valence-electron chi connectivity index (χ3n) is 3.55. The molecule has 1 N–H and O–H groups in total. The highest BCUT2D eigenvalue weighted by atomic mass is 16.2. The summed E-state index contributed by atoms with van der Waals surface area (Å²) in [7, 11) is 1.74. The Morgan fingerprint density at radius 1 is 0.958 bits per heavy atom. The fourth-order valence-corrected chi connectivity index (χ4v) is 2.33. The van der Waals surface area contributed by atoms with Crippen LogP contribution in [0.2, 0.25) is 0 Å². The first-order valence-electron chi connectivity index (χ1n) is 7.64. The maximum Gasteiger partial charge on any atom is 0.276 e. The first-order valence-corrected chi connectivity index (χ1v) is 7.64. The second kappa shape index (κ2) is 6.91. The van der Waals surface area contributed by atoms with Crippen LogP contribution in [0, 0.1) is 6.92 Å². The minimum Gasteiger partial charge on any atom is -0.324 e. The lowest BCUT2D eigenvalue weighted by Crippen LogP contribution is -2.27. The normalized spacial score (nSPS) is 10.2. The molecule has 0 unspecified atom stereocenters. The third kappa shape index (κ3) is 3.57. The number of rotatable bonds is 4. The molecule has 2 aromatic carbocycles. The van der Waals surface area contributed by atoms with Crippen LogP contribution in [0.3, 0.4) is 0 Å². The van der Waals surface area contributed by atoms with Crippen molar-refractivity contribution < 1.29 is 4.79 Å². The van der Waals surface area contributed by atoms with Crippen LogP contribution in [0.5, 0.6) is 0 Å². The molecule has 5 heteroatoms. The maximum atomic E-state index is 12.7. The zero-order valence-corrected chi connectivity index (χ0v) is 13.6. The van der Waals surface area contributed by atoms with Crippen LogP contribution in [-0.2, 0) is 0 Å². The molecule has 0 fully saturated rings. The molecule has 0 atom stereocenters. The molecular weight excluding hydrogens is 300 g/mol. The smallest absolute Gasteiger partial charge is 0.276 e. The van der Waals surface area contributed by atoms with Crippen molar-refractivity contribution in [2.45, 2.75) is 6.92 Å². The summed E-state index contributed by atoms with van der Waals surface area (Å²) in [4.78, 5) is 23.0. The van der Waals surface area contributed by atoms with E-state index in [4.69, 9.17) is 0 Å². The molecule has 0 saturated carbocycles. The number of para-hydroxylation sites is 2. The molecule has 1 heterocycles. The number of hydrogen-bond acceptors (Lipinski definition) is 4. The van der Waals surface area contributed by atoms with Gasteiger partial charge in [0.1, 0.15) is 5.69 Å². The van der Waals surface area contributed by atoms with Gasteiger partial charge in [-0.3, -0.25) is 4.79 Å². The highest BCUT2D eigenvalue weighted by Crippen LogP contribution is 2.17. The topological polar surface area (TPSA) is 58.1 Å². The Hall–Kier alpha value is -3.21. The summed E-state index contributed by atoms with van der Waals surface area (Å²) in [6.45, 7) is 1.84. The summed E-state index contributed by atoms with van der Waals surface area (Å²) in [5, 5.41) is 3.13. The predicted octanol–water partition coefficient (Wildman–Crippen LogP) is 3.81. The lowest BCUT2D eigenvalue weighted by Gasteiger charge is -2.17. The maximum absolute atomic E-state index is 12.7. The number of carbonyl (C=O) groups excluding carboxylic acids is 1. The minimum absolute atomic E-state index is 0.178. The summed E-state index contributed by atoms with van der Waals surface area (Å²) < 4.78 is 0. The monoisotopic (exact) mass is 318 g/mol. The van der Waals surface area contributed by atoms with E-state index in [1.807, 2.05) is 67.6 Å². The molecule has 0 saturated heterocycles. The second-order valence-electron chi connectivity index (χ2n) is 5.41. The van der Waals surface area contributed by atoms with Gasteiger partial charge in [-0.25, -0.2) is 9.97 Å². The van der Waals surface area contributed by atoms with Crippen molar-refractivity contribution in [3.05, 3.63) is 78.1 Å². The van der Waals surface area contributed by atoms with E-state index >= 15 is 0 Å². The van der Waals surface area contributed by atoms with Crippen molar-refractivity contribution in [1.29, 1.82) is 0 Å². The largest absolute Gasteiger partial charge is 0.324 e. The molecule has 1 aromatic heterocycles. The number of hydrogen-bond donors (Lipinski definition) is 1. The quantitative estimate of drug-likeness (QED) is 0.795. The SMILES string of the molecule is Cc1cc(C(=O)N(C)c2ccccc2)nc(Nc2ccccc2)n1. The number of benzene rings is 2. The van der Waals surface area contributed by atoms with E-state index < -0.39 is 0 Å². The zero-order chi connectivity index (χ0) is 16.9. The molecule has 0 aliphatic rings. The Morgan fingerprint density at radius 3 is 2.25 bits per heavy atom. The van der Waals surface area contributed by atoms with E-state index in [1.165, 1.54) is 0 Å². The second-order valence-corrected chi connectivity index (χ2v) is 5.41. The van der Waals surface area contributed by atoms with Gasteiger partial charge in [-0.1, -0.05) is 36.4 Å². The highest BCUT2D eigenvalue weighted by molar-refractivity contribution is 6.04. The molecular formula is C19H18N4O. The van der Waals surface area contributed by atoms with Crippen molar-refractivity contribution in [2.24, 2.45) is 0 Å². The van der Waals surface area contributed by atoms with Crippen LogP contribution < -0.4 is 10.2 Å². The van der Waals surface area contributed by atoms with E-state index in [9.17, 15) is 4.79 Å². The van der Waals surface area contributed by atoms with E-state index in [-0.39, 0.29) is 5.91 Å². The number of aromatic nitrogens is 2. The Labute approximate surface area is 141 Å². The van der Waals surface area contributed by atoms with Crippen LogP contribution in [0.1, 0.15) is 16.2 Å². The molecule has 0 bridgehead atoms. The number of nitrogens with one attached hydrogen (secondary N) is 1. The highest BCUT2D eigenvalue weighted by Gasteiger charge is 2.16. The predicted molar refractivity (Wildman–Crippen MR) is 95.7 cm³/mol. The van der Waals surface area contributed by atoms with Gasteiger partial charge in [0, 0.05) is 24.1 Å². The fraction of sp³-hybridized carbons (Fsp3) is 0.105. The van der Waals surface area contributed by atoms with Crippen LogP contribution in [-0.4, -0.2) is 22.9 Å². The van der Waals surface area contributed by atoms with E-state index in [1.54, 1.807) is 18.0 Å². The molecule has 5 nitrogen and oxygen atoms in total. The fourth-order valence-electron chi connectivity index (χ4n) is 2.33. The van der Waals surface area contributed by atoms with Crippen molar-refractivity contribution in [2.75, 3.05) is 17.3 Å². The van der Waals surface area contributed by atoms with Crippen LogP contribution in [0.15, 0.2) is 66.7 Å². The average Bonchev–Trinajstić information content (AvgIpc) is 2.61. The van der Waals surface area contributed by atoms with Crippen LogP contribution in [0.25, 0.3) is 0 Å².